The Morgan fingerprint density at radius 2 is 0.818 bits per heavy atom. The zero-order valence-corrected chi connectivity index (χ0v) is 29.5. The van der Waals surface area contributed by atoms with Gasteiger partial charge in [-0.2, -0.15) is 0 Å². The summed E-state index contributed by atoms with van der Waals surface area (Å²) in [6.07, 6.45) is 0. The Morgan fingerprint density at radius 1 is 0.255 bits per heavy atom. The molecular formula is C52H30O3. The Labute approximate surface area is 315 Å². The van der Waals surface area contributed by atoms with E-state index in [1.165, 1.54) is 27.1 Å². The van der Waals surface area contributed by atoms with Gasteiger partial charge in [-0.1, -0.05) is 152 Å². The van der Waals surface area contributed by atoms with E-state index in [4.69, 9.17) is 13.3 Å². The third-order valence-corrected chi connectivity index (χ3v) is 11.3. The van der Waals surface area contributed by atoms with Gasteiger partial charge in [0.25, 0.3) is 0 Å². The summed E-state index contributed by atoms with van der Waals surface area (Å²) < 4.78 is 19.9. The molecule has 0 aliphatic heterocycles. The maximum absolute atomic E-state index is 6.93. The molecule has 3 aromatic heterocycles. The van der Waals surface area contributed by atoms with E-state index in [9.17, 15) is 0 Å². The van der Waals surface area contributed by atoms with Crippen molar-refractivity contribution in [1.82, 2.24) is 0 Å². The molecule has 0 unspecified atom stereocenters. The van der Waals surface area contributed by atoms with Gasteiger partial charge in [0.1, 0.15) is 33.7 Å². The molecule has 0 N–H and O–H groups in total. The minimum atomic E-state index is 0.799. The van der Waals surface area contributed by atoms with E-state index in [1.807, 2.05) is 18.2 Å². The Bertz CT molecular complexity index is 3420. The highest BCUT2D eigenvalue weighted by molar-refractivity contribution is 6.25. The minimum Gasteiger partial charge on any atom is -0.456 e. The Kier molecular flexibility index (Phi) is 6.34. The topological polar surface area (TPSA) is 39.4 Å². The van der Waals surface area contributed by atoms with Crippen LogP contribution in [0.1, 0.15) is 0 Å². The summed E-state index contributed by atoms with van der Waals surface area (Å²) >= 11 is 0. The Morgan fingerprint density at radius 3 is 1.55 bits per heavy atom. The van der Waals surface area contributed by atoms with Crippen molar-refractivity contribution in [2.75, 3.05) is 0 Å². The van der Waals surface area contributed by atoms with E-state index in [2.05, 4.69) is 164 Å². The third-order valence-electron chi connectivity index (χ3n) is 11.3. The van der Waals surface area contributed by atoms with E-state index >= 15 is 0 Å². The van der Waals surface area contributed by atoms with Crippen molar-refractivity contribution in [3.63, 3.8) is 0 Å². The fraction of sp³-hybridized carbons (Fsp3) is 0. The van der Waals surface area contributed by atoms with Gasteiger partial charge in [-0.05, 0) is 62.5 Å². The molecule has 9 aromatic carbocycles. The standard InChI is InChI=1S/C52H30O3/c1-3-14-31(15-4-1)49-43-29-42-39-23-13-24-40(52(39)55-46(42)30-47(43)54-51(49)32-16-5-2-6-17-32)50-37-21-9-7-19-35(37)48(36-20-8-10-22-38(36)50)33-26-27-45-41(28-33)34-18-11-12-25-44(34)53-45/h1-30H. The van der Waals surface area contributed by atoms with Crippen LogP contribution in [0.15, 0.2) is 195 Å². The molecule has 0 saturated heterocycles. The first-order valence-corrected chi connectivity index (χ1v) is 18.7. The van der Waals surface area contributed by atoms with Gasteiger partial charge < -0.3 is 13.3 Å². The van der Waals surface area contributed by atoms with Gasteiger partial charge in [0.2, 0.25) is 0 Å². The van der Waals surface area contributed by atoms with Gasteiger partial charge in [-0.3, -0.25) is 0 Å². The summed E-state index contributed by atoms with van der Waals surface area (Å²) in [6, 6.07) is 64.2. The minimum absolute atomic E-state index is 0.799. The molecule has 55 heavy (non-hydrogen) atoms. The van der Waals surface area contributed by atoms with Crippen LogP contribution in [0.5, 0.6) is 0 Å². The zero-order chi connectivity index (χ0) is 36.0. The van der Waals surface area contributed by atoms with E-state index in [0.717, 1.165) is 94.0 Å². The van der Waals surface area contributed by atoms with Gasteiger partial charge in [0.05, 0.1) is 0 Å². The molecule has 0 fully saturated rings. The maximum atomic E-state index is 6.93. The summed E-state index contributed by atoms with van der Waals surface area (Å²) in [4.78, 5) is 0. The first kappa shape index (κ1) is 30.1. The smallest absolute Gasteiger partial charge is 0.143 e. The predicted molar refractivity (Wildman–Crippen MR) is 228 cm³/mol. The fourth-order valence-corrected chi connectivity index (χ4v) is 8.88. The molecule has 0 atom stereocenters. The first-order chi connectivity index (χ1) is 27.3. The van der Waals surface area contributed by atoms with Gasteiger partial charge >= 0.3 is 0 Å². The number of fused-ring (bicyclic) bond motifs is 9. The van der Waals surface area contributed by atoms with Crippen LogP contribution < -0.4 is 0 Å². The van der Waals surface area contributed by atoms with Crippen LogP contribution in [0.25, 0.3) is 121 Å². The van der Waals surface area contributed by atoms with Crippen LogP contribution in [0, 0.1) is 0 Å². The molecule has 3 heteroatoms. The molecular weight excluding hydrogens is 673 g/mol. The molecule has 12 rings (SSSR count). The average Bonchev–Trinajstić information content (AvgIpc) is 3.93. The van der Waals surface area contributed by atoms with Crippen molar-refractivity contribution in [2.24, 2.45) is 0 Å². The zero-order valence-electron chi connectivity index (χ0n) is 29.5. The van der Waals surface area contributed by atoms with Gasteiger partial charge in [0.15, 0.2) is 0 Å². The van der Waals surface area contributed by atoms with E-state index < -0.39 is 0 Å². The van der Waals surface area contributed by atoms with Crippen molar-refractivity contribution < 1.29 is 13.3 Å². The van der Waals surface area contributed by atoms with Gasteiger partial charge in [-0.15, -0.1) is 0 Å². The fourth-order valence-electron chi connectivity index (χ4n) is 8.88. The molecule has 0 bridgehead atoms. The lowest BCUT2D eigenvalue weighted by molar-refractivity contribution is 0.629. The highest BCUT2D eigenvalue weighted by Crippen LogP contribution is 2.49. The average molecular weight is 703 g/mol. The van der Waals surface area contributed by atoms with Crippen molar-refractivity contribution in [2.45, 2.75) is 0 Å². The summed E-state index contributed by atoms with van der Waals surface area (Å²) in [7, 11) is 0. The first-order valence-electron chi connectivity index (χ1n) is 18.7. The second-order valence-electron chi connectivity index (χ2n) is 14.3. The van der Waals surface area contributed by atoms with Crippen LogP contribution in [0.4, 0.5) is 0 Å². The molecule has 0 aliphatic carbocycles. The molecule has 0 saturated carbocycles. The van der Waals surface area contributed by atoms with Crippen molar-refractivity contribution in [3.05, 3.63) is 182 Å². The van der Waals surface area contributed by atoms with Crippen LogP contribution in [-0.2, 0) is 0 Å². The molecule has 0 radical (unpaired) electrons. The molecule has 3 heterocycles. The lowest BCUT2D eigenvalue weighted by Crippen LogP contribution is -1.91. The number of benzene rings is 9. The number of hydrogen-bond donors (Lipinski definition) is 0. The van der Waals surface area contributed by atoms with Crippen LogP contribution in [0.2, 0.25) is 0 Å². The van der Waals surface area contributed by atoms with E-state index in [0.29, 0.717) is 0 Å². The van der Waals surface area contributed by atoms with Crippen molar-refractivity contribution in [3.8, 4) is 44.7 Å². The van der Waals surface area contributed by atoms with Gasteiger partial charge in [0, 0.05) is 55.3 Å². The van der Waals surface area contributed by atoms with Crippen LogP contribution >= 0.6 is 0 Å². The summed E-state index contributed by atoms with van der Waals surface area (Å²) in [5, 5.41) is 10.2. The quantitative estimate of drug-likeness (QED) is 0.171. The lowest BCUT2D eigenvalue weighted by Gasteiger charge is -2.18. The molecule has 12 aromatic rings. The van der Waals surface area contributed by atoms with E-state index in [-0.39, 0.29) is 0 Å². The largest absolute Gasteiger partial charge is 0.456 e. The molecule has 256 valence electrons. The van der Waals surface area contributed by atoms with E-state index in [1.54, 1.807) is 0 Å². The summed E-state index contributed by atoms with van der Waals surface area (Å²) in [5.74, 6) is 0.859. The number of furan rings is 3. The normalized spacial score (nSPS) is 12.0. The summed E-state index contributed by atoms with van der Waals surface area (Å²) in [5.41, 5.74) is 12.1. The number of rotatable bonds is 4. The SMILES string of the molecule is c1ccc(-c2oc3cc4oc5c(-c6c7ccccc7c(-c7ccc8oc9ccccc9c8c7)c7ccccc67)cccc5c4cc3c2-c2ccccc2)cc1. The number of para-hydroxylation sites is 2. The predicted octanol–water partition coefficient (Wildman–Crippen LogP) is 15.2. The van der Waals surface area contributed by atoms with Crippen LogP contribution in [0.3, 0.4) is 0 Å². The van der Waals surface area contributed by atoms with Crippen LogP contribution in [-0.4, -0.2) is 0 Å². The highest BCUT2D eigenvalue weighted by atomic mass is 16.3. The molecule has 3 nitrogen and oxygen atoms in total. The maximum Gasteiger partial charge on any atom is 0.143 e. The second kappa shape index (κ2) is 11.6. The van der Waals surface area contributed by atoms with Crippen molar-refractivity contribution in [1.29, 1.82) is 0 Å². The second-order valence-corrected chi connectivity index (χ2v) is 14.3. The highest BCUT2D eigenvalue weighted by Gasteiger charge is 2.23. The number of hydrogen-bond acceptors (Lipinski definition) is 3. The van der Waals surface area contributed by atoms with Gasteiger partial charge in [-0.25, -0.2) is 0 Å². The molecule has 0 amide bonds. The Balaban J connectivity index is 1.12. The summed E-state index contributed by atoms with van der Waals surface area (Å²) in [6.45, 7) is 0. The molecule has 0 spiro atoms. The van der Waals surface area contributed by atoms with Crippen molar-refractivity contribution >= 4 is 76.4 Å². The third kappa shape index (κ3) is 4.44. The Hall–Kier alpha value is -7.36. The molecule has 0 aliphatic rings. The monoisotopic (exact) mass is 702 g/mol. The lowest BCUT2D eigenvalue weighted by atomic mass is 9.85.